The topological polar surface area (TPSA) is 58.6 Å². The summed E-state index contributed by atoms with van der Waals surface area (Å²) in [6.45, 7) is 4.51. The zero-order valence-corrected chi connectivity index (χ0v) is 15.3. The summed E-state index contributed by atoms with van der Waals surface area (Å²) in [5.41, 5.74) is 3.69. The molecule has 1 aliphatic rings. The minimum atomic E-state index is -0.314. The summed E-state index contributed by atoms with van der Waals surface area (Å²) in [6.07, 6.45) is 0. The normalized spacial score (nSPS) is 14.6. The van der Waals surface area contributed by atoms with Crippen LogP contribution in [-0.4, -0.2) is 37.0 Å². The molecule has 0 bridgehead atoms. The molecule has 0 unspecified atom stereocenters. The molecule has 6 heteroatoms. The van der Waals surface area contributed by atoms with Crippen LogP contribution >= 0.6 is 11.3 Å². The third-order valence-corrected chi connectivity index (χ3v) is 4.99. The number of thiophene rings is 1. The molecule has 0 aliphatic carbocycles. The van der Waals surface area contributed by atoms with Crippen molar-refractivity contribution in [1.29, 1.82) is 0 Å². The van der Waals surface area contributed by atoms with Crippen molar-refractivity contribution < 1.29 is 14.3 Å². The third kappa shape index (κ3) is 3.36. The van der Waals surface area contributed by atoms with Crippen molar-refractivity contribution >= 4 is 34.4 Å². The number of carbonyl (C=O) groups is 2. The fourth-order valence-corrected chi connectivity index (χ4v) is 3.50. The van der Waals surface area contributed by atoms with Gasteiger partial charge >= 0.3 is 0 Å². The van der Waals surface area contributed by atoms with Crippen LogP contribution < -0.4 is 5.32 Å². The van der Waals surface area contributed by atoms with Gasteiger partial charge in [-0.3, -0.25) is 14.5 Å². The second-order valence-corrected chi connectivity index (χ2v) is 6.87. The van der Waals surface area contributed by atoms with Crippen LogP contribution in [0.1, 0.15) is 16.0 Å². The van der Waals surface area contributed by atoms with Gasteiger partial charge in [-0.1, -0.05) is 18.2 Å². The lowest BCUT2D eigenvalue weighted by molar-refractivity contribution is -0.137. The summed E-state index contributed by atoms with van der Waals surface area (Å²) in [4.78, 5) is 27.7. The Labute approximate surface area is 150 Å². The van der Waals surface area contributed by atoms with E-state index in [1.54, 1.807) is 7.11 Å². The number of hydrogen-bond donors (Lipinski definition) is 1. The summed E-state index contributed by atoms with van der Waals surface area (Å²) in [5, 5.41) is 5.10. The van der Waals surface area contributed by atoms with Crippen molar-refractivity contribution in [2.45, 2.75) is 13.8 Å². The van der Waals surface area contributed by atoms with Gasteiger partial charge in [0.25, 0.3) is 11.8 Å². The first-order chi connectivity index (χ1) is 12.0. The van der Waals surface area contributed by atoms with Gasteiger partial charge in [0.15, 0.2) is 0 Å². The molecule has 25 heavy (non-hydrogen) atoms. The Morgan fingerprint density at radius 1 is 1.16 bits per heavy atom. The summed E-state index contributed by atoms with van der Waals surface area (Å²) >= 11 is 1.44. The number of nitrogens with one attached hydrogen (secondary N) is 1. The van der Waals surface area contributed by atoms with Crippen molar-refractivity contribution in [3.05, 3.63) is 57.4 Å². The highest BCUT2D eigenvalue weighted by Gasteiger charge is 2.39. The van der Waals surface area contributed by atoms with Gasteiger partial charge in [-0.2, -0.15) is 0 Å². The number of aryl methyl sites for hydroxylation is 2. The van der Waals surface area contributed by atoms with Crippen molar-refractivity contribution in [2.24, 2.45) is 0 Å². The predicted octanol–water partition coefficient (Wildman–Crippen LogP) is 3.20. The predicted molar refractivity (Wildman–Crippen MR) is 99.4 cm³/mol. The van der Waals surface area contributed by atoms with Crippen molar-refractivity contribution in [3.8, 4) is 0 Å². The molecule has 5 nitrogen and oxygen atoms in total. The molecule has 0 spiro atoms. The maximum Gasteiger partial charge on any atom is 0.278 e. The van der Waals surface area contributed by atoms with Gasteiger partial charge in [0.2, 0.25) is 0 Å². The van der Waals surface area contributed by atoms with Gasteiger partial charge in [-0.05, 0) is 42.5 Å². The minimum Gasteiger partial charge on any atom is -0.383 e. The maximum absolute atomic E-state index is 12.9. The zero-order chi connectivity index (χ0) is 18.0. The number of ether oxygens (including phenoxy) is 1. The highest BCUT2D eigenvalue weighted by molar-refractivity contribution is 7.11. The van der Waals surface area contributed by atoms with Gasteiger partial charge in [0.05, 0.1) is 18.7 Å². The van der Waals surface area contributed by atoms with Gasteiger partial charge in [-0.15, -0.1) is 11.3 Å². The molecular formula is C19H20N2O3S. The third-order valence-electron chi connectivity index (χ3n) is 4.11. The summed E-state index contributed by atoms with van der Waals surface area (Å²) in [6, 6.07) is 9.71. The Bertz CT molecular complexity index is 840. The minimum absolute atomic E-state index is 0.237. The van der Waals surface area contributed by atoms with Crippen LogP contribution in [0, 0.1) is 13.8 Å². The van der Waals surface area contributed by atoms with E-state index in [-0.39, 0.29) is 18.4 Å². The molecule has 0 fully saturated rings. The summed E-state index contributed by atoms with van der Waals surface area (Å²) in [7, 11) is 1.55. The molecule has 0 saturated heterocycles. The number of nitrogens with zero attached hydrogens (tertiary/aromatic N) is 1. The van der Waals surface area contributed by atoms with Crippen LogP contribution in [0.3, 0.4) is 0 Å². The highest BCUT2D eigenvalue weighted by atomic mass is 32.1. The van der Waals surface area contributed by atoms with E-state index < -0.39 is 0 Å². The number of carbonyl (C=O) groups excluding carboxylic acids is 2. The fourth-order valence-electron chi connectivity index (χ4n) is 2.73. The van der Waals surface area contributed by atoms with Crippen molar-refractivity contribution in [3.63, 3.8) is 0 Å². The Balaban J connectivity index is 2.03. The van der Waals surface area contributed by atoms with E-state index in [1.807, 2.05) is 49.6 Å². The van der Waals surface area contributed by atoms with Gasteiger partial charge < -0.3 is 10.1 Å². The van der Waals surface area contributed by atoms with E-state index in [4.69, 9.17) is 4.74 Å². The lowest BCUT2D eigenvalue weighted by Crippen LogP contribution is -2.35. The Kier molecular flexibility index (Phi) is 5.01. The molecule has 1 N–H and O–H groups in total. The molecule has 0 atom stereocenters. The highest BCUT2D eigenvalue weighted by Crippen LogP contribution is 2.33. The molecule has 2 aromatic rings. The van der Waals surface area contributed by atoms with E-state index in [0.29, 0.717) is 17.9 Å². The van der Waals surface area contributed by atoms with Crippen LogP contribution in [0.25, 0.3) is 5.57 Å². The van der Waals surface area contributed by atoms with Gasteiger partial charge in [0, 0.05) is 17.7 Å². The smallest absolute Gasteiger partial charge is 0.278 e. The second kappa shape index (κ2) is 7.21. The largest absolute Gasteiger partial charge is 0.383 e. The number of hydrogen-bond acceptors (Lipinski definition) is 5. The van der Waals surface area contributed by atoms with E-state index in [9.17, 15) is 9.59 Å². The molecule has 1 aliphatic heterocycles. The Morgan fingerprint density at radius 3 is 2.64 bits per heavy atom. The van der Waals surface area contributed by atoms with E-state index in [0.717, 1.165) is 21.7 Å². The molecular weight excluding hydrogens is 336 g/mol. The molecule has 130 valence electrons. The molecule has 1 aromatic carbocycles. The fraction of sp³-hybridized carbons (Fsp3) is 0.263. The Hall–Kier alpha value is -2.44. The first-order valence-electron chi connectivity index (χ1n) is 8.00. The molecule has 0 saturated carbocycles. The lowest BCUT2D eigenvalue weighted by atomic mass is 10.1. The van der Waals surface area contributed by atoms with E-state index in [1.165, 1.54) is 16.2 Å². The maximum atomic E-state index is 12.9. The number of anilines is 1. The first-order valence-corrected chi connectivity index (χ1v) is 8.88. The van der Waals surface area contributed by atoms with E-state index >= 15 is 0 Å². The van der Waals surface area contributed by atoms with Crippen LogP contribution in [0.4, 0.5) is 5.69 Å². The number of methoxy groups -OCH3 is 1. The zero-order valence-electron chi connectivity index (χ0n) is 14.5. The van der Waals surface area contributed by atoms with E-state index in [2.05, 4.69) is 5.32 Å². The average Bonchev–Trinajstić information content (AvgIpc) is 3.18. The number of amides is 2. The van der Waals surface area contributed by atoms with Crippen LogP contribution in [0.2, 0.25) is 0 Å². The number of benzene rings is 1. The average molecular weight is 356 g/mol. The quantitative estimate of drug-likeness (QED) is 0.808. The summed E-state index contributed by atoms with van der Waals surface area (Å²) in [5.74, 6) is -0.594. The SMILES string of the molecule is COCCN1C(=O)C(Nc2cc(C)ccc2C)=C(c2cccs2)C1=O. The summed E-state index contributed by atoms with van der Waals surface area (Å²) < 4.78 is 5.03. The lowest BCUT2D eigenvalue weighted by Gasteiger charge is -2.15. The van der Waals surface area contributed by atoms with Gasteiger partial charge in [0.1, 0.15) is 5.70 Å². The van der Waals surface area contributed by atoms with Crippen molar-refractivity contribution in [2.75, 3.05) is 25.6 Å². The second-order valence-electron chi connectivity index (χ2n) is 5.93. The molecule has 1 aromatic heterocycles. The monoisotopic (exact) mass is 356 g/mol. The first kappa shape index (κ1) is 17.4. The Morgan fingerprint density at radius 2 is 1.96 bits per heavy atom. The molecule has 2 amide bonds. The van der Waals surface area contributed by atoms with Crippen LogP contribution in [-0.2, 0) is 14.3 Å². The molecule has 3 rings (SSSR count). The van der Waals surface area contributed by atoms with Crippen LogP contribution in [0.15, 0.2) is 41.4 Å². The number of rotatable bonds is 6. The van der Waals surface area contributed by atoms with Crippen molar-refractivity contribution in [1.82, 2.24) is 4.90 Å². The van der Waals surface area contributed by atoms with Gasteiger partial charge in [-0.25, -0.2) is 0 Å². The van der Waals surface area contributed by atoms with Crippen LogP contribution in [0.5, 0.6) is 0 Å². The standard InChI is InChI=1S/C19H20N2O3S/c1-12-6-7-13(2)14(11-12)20-17-16(15-5-4-10-25-15)18(22)21(19(17)23)8-9-24-3/h4-7,10-11,20H,8-9H2,1-3H3. The molecule has 2 heterocycles. The number of imide groups is 1. The molecule has 0 radical (unpaired) electrons.